The number of hydrogen-bond acceptors (Lipinski definition) is 6. The summed E-state index contributed by atoms with van der Waals surface area (Å²) in [6.45, 7) is 1.61. The van der Waals surface area contributed by atoms with E-state index in [0.29, 0.717) is 11.8 Å². The third-order valence-corrected chi connectivity index (χ3v) is 3.30. The summed E-state index contributed by atoms with van der Waals surface area (Å²) in [5.74, 6) is -0.531. The fourth-order valence-corrected chi connectivity index (χ4v) is 2.26. The molecule has 116 valence electrons. The van der Waals surface area contributed by atoms with Crippen LogP contribution in [0, 0.1) is 10.1 Å². The van der Waals surface area contributed by atoms with E-state index in [1.54, 1.807) is 20.0 Å². The molecule has 1 aromatic carbocycles. The van der Waals surface area contributed by atoms with Gasteiger partial charge in [-0.15, -0.1) is 0 Å². The number of nitrogens with zero attached hydrogens (tertiary/aromatic N) is 2. The lowest BCUT2D eigenvalue weighted by Gasteiger charge is -2.05. The second-order valence-corrected chi connectivity index (χ2v) is 4.49. The molecule has 8 nitrogen and oxygen atoms in total. The van der Waals surface area contributed by atoms with E-state index in [0.717, 1.165) is 0 Å². The van der Waals surface area contributed by atoms with Gasteiger partial charge < -0.3 is 14.0 Å². The van der Waals surface area contributed by atoms with Crippen LogP contribution in [0.1, 0.15) is 23.7 Å². The number of nitro benzene ring substituents is 1. The van der Waals surface area contributed by atoms with Crippen LogP contribution in [0.4, 0.5) is 5.69 Å². The van der Waals surface area contributed by atoms with Gasteiger partial charge in [-0.3, -0.25) is 19.7 Å². The molecule has 1 heterocycles. The van der Waals surface area contributed by atoms with Crippen molar-refractivity contribution in [2.24, 2.45) is 7.05 Å². The molecule has 0 radical (unpaired) electrons. The van der Waals surface area contributed by atoms with Gasteiger partial charge in [0.1, 0.15) is 0 Å². The Morgan fingerprint density at radius 2 is 2.14 bits per heavy atom. The predicted octanol–water partition coefficient (Wildman–Crippen LogP) is 2.22. The molecule has 0 saturated heterocycles. The highest BCUT2D eigenvalue weighted by Gasteiger charge is 2.28. The van der Waals surface area contributed by atoms with Crippen molar-refractivity contribution in [1.82, 2.24) is 4.57 Å². The van der Waals surface area contributed by atoms with Crippen LogP contribution in [0.25, 0.3) is 10.9 Å². The van der Waals surface area contributed by atoms with Crippen molar-refractivity contribution in [2.75, 3.05) is 7.11 Å². The van der Waals surface area contributed by atoms with E-state index in [1.165, 1.54) is 17.7 Å². The molecule has 0 aliphatic rings. The number of rotatable bonds is 5. The molecule has 22 heavy (non-hydrogen) atoms. The minimum Gasteiger partial charge on any atom is -0.490 e. The number of carbonyl (C=O) groups is 2. The molecule has 0 aliphatic heterocycles. The van der Waals surface area contributed by atoms with E-state index < -0.39 is 10.9 Å². The summed E-state index contributed by atoms with van der Waals surface area (Å²) in [6.07, 6.45) is 0.554. The molecule has 0 spiro atoms. The summed E-state index contributed by atoms with van der Waals surface area (Å²) >= 11 is 0. The van der Waals surface area contributed by atoms with Crippen molar-refractivity contribution in [3.8, 4) is 11.6 Å². The van der Waals surface area contributed by atoms with E-state index in [9.17, 15) is 19.7 Å². The maximum Gasteiger partial charge on any atom is 0.321 e. The van der Waals surface area contributed by atoms with E-state index in [-0.39, 0.29) is 34.7 Å². The lowest BCUT2D eigenvalue weighted by Crippen LogP contribution is -2.09. The zero-order valence-corrected chi connectivity index (χ0v) is 12.3. The number of aryl methyl sites for hydroxylation is 1. The zero-order chi connectivity index (χ0) is 16.4. The standard InChI is InChI=1S/C14H14N2O6/c1-4-11(18)22-14-8(7-17)12-9(15(14)2)5-6-10(21-3)13(12)16(19)20/h5-7H,4H2,1-3H3. The van der Waals surface area contributed by atoms with E-state index in [2.05, 4.69) is 0 Å². The predicted molar refractivity (Wildman–Crippen MR) is 77.4 cm³/mol. The minimum atomic E-state index is -0.625. The number of carbonyl (C=O) groups excluding carboxylic acids is 2. The molecule has 1 aromatic heterocycles. The fourth-order valence-electron chi connectivity index (χ4n) is 2.26. The summed E-state index contributed by atoms with van der Waals surface area (Å²) in [7, 11) is 2.86. The van der Waals surface area contributed by atoms with Gasteiger partial charge in [-0.25, -0.2) is 0 Å². The Labute approximate surface area is 125 Å². The van der Waals surface area contributed by atoms with Gasteiger partial charge in [-0.05, 0) is 12.1 Å². The van der Waals surface area contributed by atoms with Gasteiger partial charge in [0.2, 0.25) is 5.88 Å². The van der Waals surface area contributed by atoms with Gasteiger partial charge in [0.05, 0.1) is 28.5 Å². The average molecular weight is 306 g/mol. The monoisotopic (exact) mass is 306 g/mol. The Morgan fingerprint density at radius 1 is 1.45 bits per heavy atom. The highest BCUT2D eigenvalue weighted by atomic mass is 16.6. The molecule has 0 aliphatic carbocycles. The summed E-state index contributed by atoms with van der Waals surface area (Å²) in [5.41, 5.74) is 0.00917. The van der Waals surface area contributed by atoms with Crippen molar-refractivity contribution in [2.45, 2.75) is 13.3 Å². The van der Waals surface area contributed by atoms with Crippen LogP contribution in [0.5, 0.6) is 11.6 Å². The van der Waals surface area contributed by atoms with Crippen molar-refractivity contribution < 1.29 is 24.0 Å². The van der Waals surface area contributed by atoms with Crippen LogP contribution in [0.15, 0.2) is 12.1 Å². The Bertz CT molecular complexity index is 777. The van der Waals surface area contributed by atoms with Crippen molar-refractivity contribution in [3.05, 3.63) is 27.8 Å². The average Bonchev–Trinajstić information content (AvgIpc) is 2.78. The molecule has 0 bridgehead atoms. The minimum absolute atomic E-state index is 0.0202. The number of methoxy groups -OCH3 is 1. The second-order valence-electron chi connectivity index (χ2n) is 4.49. The fraction of sp³-hybridized carbons (Fsp3) is 0.286. The highest BCUT2D eigenvalue weighted by molar-refractivity contribution is 6.07. The largest absolute Gasteiger partial charge is 0.490 e. The lowest BCUT2D eigenvalue weighted by atomic mass is 10.1. The van der Waals surface area contributed by atoms with Crippen molar-refractivity contribution >= 4 is 28.8 Å². The van der Waals surface area contributed by atoms with Crippen LogP contribution in [0.3, 0.4) is 0 Å². The molecule has 8 heteroatoms. The first kappa shape index (κ1) is 15.5. The third kappa shape index (κ3) is 2.28. The van der Waals surface area contributed by atoms with E-state index in [1.807, 2.05) is 0 Å². The van der Waals surface area contributed by atoms with Gasteiger partial charge in [-0.2, -0.15) is 0 Å². The van der Waals surface area contributed by atoms with Gasteiger partial charge in [0.15, 0.2) is 12.0 Å². The Morgan fingerprint density at radius 3 is 2.64 bits per heavy atom. The van der Waals surface area contributed by atoms with Gasteiger partial charge in [0.25, 0.3) is 0 Å². The molecule has 0 saturated carbocycles. The second kappa shape index (κ2) is 5.84. The maximum atomic E-state index is 11.5. The highest BCUT2D eigenvalue weighted by Crippen LogP contribution is 2.41. The van der Waals surface area contributed by atoms with Crippen LogP contribution in [-0.2, 0) is 11.8 Å². The molecule has 0 atom stereocenters. The first-order chi connectivity index (χ1) is 10.5. The Kier molecular flexibility index (Phi) is 4.11. The quantitative estimate of drug-likeness (QED) is 0.363. The maximum absolute atomic E-state index is 11.5. The topological polar surface area (TPSA) is 101 Å². The first-order valence-electron chi connectivity index (χ1n) is 6.45. The van der Waals surface area contributed by atoms with Crippen molar-refractivity contribution in [1.29, 1.82) is 0 Å². The Hall–Kier alpha value is -2.90. The van der Waals surface area contributed by atoms with Crippen LogP contribution in [0.2, 0.25) is 0 Å². The number of benzene rings is 1. The first-order valence-corrected chi connectivity index (χ1v) is 6.45. The number of ether oxygens (including phenoxy) is 2. The van der Waals surface area contributed by atoms with Gasteiger partial charge >= 0.3 is 11.7 Å². The van der Waals surface area contributed by atoms with E-state index in [4.69, 9.17) is 9.47 Å². The lowest BCUT2D eigenvalue weighted by molar-refractivity contribution is -0.383. The molecule has 0 amide bonds. The number of aromatic nitrogens is 1. The normalized spacial score (nSPS) is 10.5. The summed E-state index contributed by atoms with van der Waals surface area (Å²) in [6, 6.07) is 3.00. The number of fused-ring (bicyclic) bond motifs is 1. The SMILES string of the molecule is CCC(=O)Oc1c(C=O)c2c([N+](=O)[O-])c(OC)ccc2n1C. The van der Waals surface area contributed by atoms with Gasteiger partial charge in [-0.1, -0.05) is 6.92 Å². The molecule has 0 unspecified atom stereocenters. The molecular formula is C14H14N2O6. The van der Waals surface area contributed by atoms with Crippen LogP contribution < -0.4 is 9.47 Å². The van der Waals surface area contributed by atoms with Crippen LogP contribution >= 0.6 is 0 Å². The third-order valence-electron chi connectivity index (χ3n) is 3.30. The number of esters is 1. The van der Waals surface area contributed by atoms with Gasteiger partial charge in [0, 0.05) is 13.5 Å². The summed E-state index contributed by atoms with van der Waals surface area (Å²) in [4.78, 5) is 33.7. The number of aldehydes is 1. The molecule has 0 N–H and O–H groups in total. The zero-order valence-electron chi connectivity index (χ0n) is 12.3. The summed E-state index contributed by atoms with van der Waals surface area (Å²) in [5, 5.41) is 11.4. The smallest absolute Gasteiger partial charge is 0.321 e. The molecular weight excluding hydrogens is 292 g/mol. The summed E-state index contributed by atoms with van der Waals surface area (Å²) < 4.78 is 11.6. The molecule has 2 rings (SSSR count). The van der Waals surface area contributed by atoms with Crippen LogP contribution in [-0.4, -0.2) is 28.9 Å². The van der Waals surface area contributed by atoms with Crippen molar-refractivity contribution in [3.63, 3.8) is 0 Å². The molecule has 0 fully saturated rings. The molecule has 2 aromatic rings. The number of nitro groups is 1. The Balaban J connectivity index is 2.88. The number of hydrogen-bond donors (Lipinski definition) is 0. The van der Waals surface area contributed by atoms with E-state index >= 15 is 0 Å².